The van der Waals surface area contributed by atoms with Gasteiger partial charge in [0.15, 0.2) is 0 Å². The topological polar surface area (TPSA) is 57.5 Å². The van der Waals surface area contributed by atoms with Crippen molar-refractivity contribution >= 4 is 8.03 Å². The Kier molecular flexibility index (Phi) is 13.4. The quantitative estimate of drug-likeness (QED) is 0.413. The second kappa shape index (κ2) is 9.72. The molecule has 0 spiro atoms. The smallest absolute Gasteiger partial charge is 1.00 e. The van der Waals surface area contributed by atoms with Crippen molar-refractivity contribution in [3.05, 3.63) is 35.9 Å². The second-order valence-corrected chi connectivity index (χ2v) is 3.18. The average molecular weight is 251 g/mol. The Morgan fingerprint density at radius 3 is 2.08 bits per heavy atom. The summed E-state index contributed by atoms with van der Waals surface area (Å²) < 4.78 is 10.4. The molecule has 3 nitrogen and oxygen atoms in total. The molecule has 2 unspecified atom stereocenters. The molecule has 6 heteroatoms. The Labute approximate surface area is 166 Å². The van der Waals surface area contributed by atoms with E-state index >= 15 is 0 Å². The number of rotatable bonds is 2. The maximum absolute atomic E-state index is 10.4. The number of benzene rings is 1. The van der Waals surface area contributed by atoms with E-state index in [0.717, 1.165) is 0 Å². The molecule has 0 fully saturated rings. The fourth-order valence-corrected chi connectivity index (χ4v) is 1.18. The summed E-state index contributed by atoms with van der Waals surface area (Å²) in [6, 6.07) is 8.40. The molecule has 62 valence electrons. The fraction of sp³-hybridized carbons (Fsp3) is 0.143. The minimum absolute atomic E-state index is 0. The van der Waals surface area contributed by atoms with Crippen molar-refractivity contribution in [1.82, 2.24) is 0 Å². The van der Waals surface area contributed by atoms with Crippen LogP contribution in [0.15, 0.2) is 30.3 Å². The van der Waals surface area contributed by atoms with Crippen molar-refractivity contribution < 1.29 is 120 Å². The van der Waals surface area contributed by atoms with E-state index in [0.29, 0.717) is 5.56 Å². The van der Waals surface area contributed by atoms with Crippen LogP contribution in [0.5, 0.6) is 0 Å². The maximum Gasteiger partial charge on any atom is 1.00 e. The third-order valence-corrected chi connectivity index (χ3v) is 2.02. The summed E-state index contributed by atoms with van der Waals surface area (Å²) in [4.78, 5) is 8.53. The fourth-order valence-electron chi connectivity index (χ4n) is 0.753. The van der Waals surface area contributed by atoms with Gasteiger partial charge in [0.25, 0.3) is 0 Å². The molecule has 2 N–H and O–H groups in total. The van der Waals surface area contributed by atoms with E-state index in [1.165, 1.54) is 0 Å². The van der Waals surface area contributed by atoms with E-state index in [4.69, 9.17) is 10.00 Å². The molecule has 1 rings (SSSR count). The molecule has 0 radical (unpaired) electrons. The molecule has 0 amide bonds. The molecule has 0 aliphatic heterocycles. The summed E-state index contributed by atoms with van der Waals surface area (Å²) in [5.41, 5.74) is 0.469. The van der Waals surface area contributed by atoms with Crippen LogP contribution in [-0.4, -0.2) is 10.00 Å². The number of hydrogen-bond donors (Lipinski definition) is 2. The molecule has 13 heavy (non-hydrogen) atoms. The third kappa shape index (κ3) is 6.63. The van der Waals surface area contributed by atoms with Gasteiger partial charge in [0, 0.05) is 5.56 Å². The van der Waals surface area contributed by atoms with Gasteiger partial charge in [-0.15, -0.1) is 0 Å². The maximum atomic E-state index is 10.4. The summed E-state index contributed by atoms with van der Waals surface area (Å²) in [5.74, 6) is -1.26. The SMILES string of the molecule is O=[P+](O)C(O)c1ccccc1.[H-].[H-].[K+].[K+]. The van der Waals surface area contributed by atoms with Gasteiger partial charge in [0.1, 0.15) is 0 Å². The van der Waals surface area contributed by atoms with Gasteiger partial charge >= 0.3 is 117 Å². The Hall–Kier alpha value is 2.51. The van der Waals surface area contributed by atoms with Gasteiger partial charge in [-0.25, -0.2) is 0 Å². The van der Waals surface area contributed by atoms with Crippen molar-refractivity contribution in [2.75, 3.05) is 0 Å². The van der Waals surface area contributed by atoms with E-state index in [9.17, 15) is 4.57 Å². The summed E-state index contributed by atoms with van der Waals surface area (Å²) in [5, 5.41) is 9.06. The zero-order valence-electron chi connectivity index (χ0n) is 9.71. The Balaban J connectivity index is -0.000000151. The van der Waals surface area contributed by atoms with E-state index in [1.807, 2.05) is 0 Å². The molecule has 0 saturated heterocycles. The first-order valence-electron chi connectivity index (χ1n) is 3.10. The molecular formula is C7H10K2O3P+. The van der Waals surface area contributed by atoms with Gasteiger partial charge in [-0.05, 0) is 4.57 Å². The Bertz CT molecular complexity index is 264. The van der Waals surface area contributed by atoms with Crippen LogP contribution in [0, 0.1) is 0 Å². The monoisotopic (exact) mass is 251 g/mol. The minimum atomic E-state index is -2.53. The normalized spacial score (nSPS) is 12.0. The van der Waals surface area contributed by atoms with E-state index in [-0.39, 0.29) is 106 Å². The van der Waals surface area contributed by atoms with Crippen LogP contribution in [0.2, 0.25) is 0 Å². The predicted molar refractivity (Wildman–Crippen MR) is 43.5 cm³/mol. The second-order valence-electron chi connectivity index (χ2n) is 2.09. The molecule has 2 atom stereocenters. The van der Waals surface area contributed by atoms with Crippen molar-refractivity contribution in [3.8, 4) is 0 Å². The third-order valence-electron chi connectivity index (χ3n) is 1.31. The molecule has 0 aliphatic rings. The molecule has 1 aromatic rings. The molecule has 0 bridgehead atoms. The molecule has 0 heterocycles. The van der Waals surface area contributed by atoms with Gasteiger partial charge in [-0.3, -0.25) is 0 Å². The Morgan fingerprint density at radius 2 is 1.69 bits per heavy atom. The summed E-state index contributed by atoms with van der Waals surface area (Å²) in [7, 11) is -2.53. The van der Waals surface area contributed by atoms with Gasteiger partial charge in [-0.2, -0.15) is 4.89 Å². The Morgan fingerprint density at radius 1 is 1.23 bits per heavy atom. The summed E-state index contributed by atoms with van der Waals surface area (Å²) >= 11 is 0. The minimum Gasteiger partial charge on any atom is -1.00 e. The molecule has 0 saturated carbocycles. The first kappa shape index (κ1) is 17.9. The largest absolute Gasteiger partial charge is 1.00 e. The van der Waals surface area contributed by atoms with Crippen LogP contribution >= 0.6 is 8.03 Å². The zero-order chi connectivity index (χ0) is 8.27. The molecular weight excluding hydrogens is 241 g/mol. The van der Waals surface area contributed by atoms with Gasteiger partial charge in [0.05, 0.1) is 0 Å². The number of hydrogen-bond acceptors (Lipinski definition) is 2. The van der Waals surface area contributed by atoms with E-state index in [1.54, 1.807) is 30.3 Å². The van der Waals surface area contributed by atoms with Gasteiger partial charge in [0.2, 0.25) is 0 Å². The van der Waals surface area contributed by atoms with Crippen LogP contribution in [0.4, 0.5) is 0 Å². The van der Waals surface area contributed by atoms with Crippen molar-refractivity contribution in [2.45, 2.75) is 5.85 Å². The van der Waals surface area contributed by atoms with E-state index in [2.05, 4.69) is 0 Å². The van der Waals surface area contributed by atoms with Gasteiger partial charge in [-0.1, -0.05) is 30.3 Å². The first-order valence-corrected chi connectivity index (χ1v) is 4.38. The van der Waals surface area contributed by atoms with Crippen LogP contribution in [0.1, 0.15) is 14.3 Å². The molecule has 0 aliphatic carbocycles. The predicted octanol–water partition coefficient (Wildman–Crippen LogP) is -4.35. The van der Waals surface area contributed by atoms with Gasteiger partial charge < -0.3 is 7.96 Å². The molecule has 1 aromatic carbocycles. The van der Waals surface area contributed by atoms with E-state index < -0.39 is 13.9 Å². The average Bonchev–Trinajstić information content (AvgIpc) is 2.05. The zero-order valence-corrected chi connectivity index (χ0v) is 14.9. The number of aliphatic hydroxyl groups is 1. The van der Waals surface area contributed by atoms with Crippen molar-refractivity contribution in [1.29, 1.82) is 0 Å². The summed E-state index contributed by atoms with van der Waals surface area (Å²) in [6.45, 7) is 0. The molecule has 0 aromatic heterocycles. The van der Waals surface area contributed by atoms with Crippen LogP contribution in [0.3, 0.4) is 0 Å². The van der Waals surface area contributed by atoms with Crippen LogP contribution in [0.25, 0.3) is 0 Å². The first-order chi connectivity index (χ1) is 5.22. The van der Waals surface area contributed by atoms with Crippen molar-refractivity contribution in [3.63, 3.8) is 0 Å². The van der Waals surface area contributed by atoms with Crippen LogP contribution < -0.4 is 103 Å². The summed E-state index contributed by atoms with van der Waals surface area (Å²) in [6.07, 6.45) is 0. The number of aliphatic hydroxyl groups excluding tert-OH is 1. The standard InChI is InChI=1S/C7H7O3P.2K.2H/c8-7(11(9)10)6-4-2-1-3-5-6;;;;/h1-5,7-8H;;;;/q;2*+1;2*-1/p+1. The van der Waals surface area contributed by atoms with Crippen molar-refractivity contribution in [2.24, 2.45) is 0 Å². The van der Waals surface area contributed by atoms with Crippen LogP contribution in [-0.2, 0) is 4.57 Å².